The van der Waals surface area contributed by atoms with Crippen LogP contribution in [0.25, 0.3) is 0 Å². The summed E-state index contributed by atoms with van der Waals surface area (Å²) in [5, 5.41) is 5.06. The van der Waals surface area contributed by atoms with Crippen LogP contribution in [0, 0.1) is 20.8 Å². The number of rotatable bonds is 4. The van der Waals surface area contributed by atoms with Crippen molar-refractivity contribution in [2.24, 2.45) is 0 Å². The first-order valence-corrected chi connectivity index (χ1v) is 8.31. The lowest BCUT2D eigenvalue weighted by Crippen LogP contribution is -2.35. The molecule has 0 atom stereocenters. The van der Waals surface area contributed by atoms with E-state index in [9.17, 15) is 9.59 Å². The topological polar surface area (TPSA) is 58.2 Å². The zero-order chi connectivity index (χ0) is 16.8. The molecule has 0 radical (unpaired) electrons. The first kappa shape index (κ1) is 17.1. The zero-order valence-corrected chi connectivity index (χ0v) is 14.3. The van der Waals surface area contributed by atoms with Crippen LogP contribution >= 0.6 is 11.8 Å². The fourth-order valence-corrected chi connectivity index (χ4v) is 2.87. The summed E-state index contributed by atoms with van der Waals surface area (Å²) in [6, 6.07) is 13.1. The molecule has 2 rings (SSSR count). The zero-order valence-electron chi connectivity index (χ0n) is 13.5. The molecule has 0 aliphatic heterocycles. The molecule has 4 nitrogen and oxygen atoms in total. The average molecular weight is 328 g/mol. The second kappa shape index (κ2) is 7.83. The number of carbonyl (C=O) groups excluding carboxylic acids is 2. The van der Waals surface area contributed by atoms with Crippen LogP contribution in [0.2, 0.25) is 0 Å². The van der Waals surface area contributed by atoms with E-state index in [1.165, 1.54) is 11.8 Å². The number of hydrogen-bond acceptors (Lipinski definition) is 3. The number of thioether (sulfide) groups is 1. The molecule has 2 N–H and O–H groups in total. The molecule has 0 aliphatic rings. The number of aryl methyl sites for hydroxylation is 2. The Morgan fingerprint density at radius 3 is 2.52 bits per heavy atom. The van der Waals surface area contributed by atoms with Crippen LogP contribution in [-0.2, 0) is 4.79 Å². The summed E-state index contributed by atoms with van der Waals surface area (Å²) in [6.45, 7) is 5.91. The van der Waals surface area contributed by atoms with Gasteiger partial charge in [0.15, 0.2) is 0 Å². The van der Waals surface area contributed by atoms with E-state index in [2.05, 4.69) is 10.6 Å². The monoisotopic (exact) mass is 328 g/mol. The Morgan fingerprint density at radius 1 is 1.04 bits per heavy atom. The average Bonchev–Trinajstić information content (AvgIpc) is 2.50. The predicted octanol–water partition coefficient (Wildman–Crippen LogP) is 4.05. The predicted molar refractivity (Wildman–Crippen MR) is 95.0 cm³/mol. The second-order valence-corrected chi connectivity index (χ2v) is 6.40. The van der Waals surface area contributed by atoms with Crippen LogP contribution in [0.3, 0.4) is 0 Å². The number of urea groups is 1. The molecule has 23 heavy (non-hydrogen) atoms. The number of anilines is 1. The van der Waals surface area contributed by atoms with Gasteiger partial charge in [-0.3, -0.25) is 10.1 Å². The first-order valence-electron chi connectivity index (χ1n) is 7.32. The van der Waals surface area contributed by atoms with Gasteiger partial charge < -0.3 is 5.32 Å². The highest BCUT2D eigenvalue weighted by Gasteiger charge is 2.10. The Hall–Kier alpha value is -2.27. The van der Waals surface area contributed by atoms with Gasteiger partial charge in [0.05, 0.1) is 5.75 Å². The van der Waals surface area contributed by atoms with E-state index in [4.69, 9.17) is 0 Å². The molecular weight excluding hydrogens is 308 g/mol. The van der Waals surface area contributed by atoms with Gasteiger partial charge in [-0.1, -0.05) is 29.8 Å². The van der Waals surface area contributed by atoms with Gasteiger partial charge in [0.25, 0.3) is 0 Å². The molecule has 2 aromatic carbocycles. The molecule has 0 heterocycles. The maximum atomic E-state index is 11.9. The van der Waals surface area contributed by atoms with Crippen LogP contribution in [0.5, 0.6) is 0 Å². The minimum Gasteiger partial charge on any atom is -0.307 e. The van der Waals surface area contributed by atoms with E-state index in [1.54, 1.807) is 0 Å². The molecule has 0 aromatic heterocycles. The fraction of sp³-hybridized carbons (Fsp3) is 0.222. The van der Waals surface area contributed by atoms with Gasteiger partial charge in [0.2, 0.25) is 5.91 Å². The summed E-state index contributed by atoms with van der Waals surface area (Å²) in [7, 11) is 0. The van der Waals surface area contributed by atoms with Crippen molar-refractivity contribution in [1.82, 2.24) is 5.32 Å². The Kier molecular flexibility index (Phi) is 5.82. The molecule has 0 unspecified atom stereocenters. The molecule has 0 aliphatic carbocycles. The Labute approximate surface area is 140 Å². The quantitative estimate of drug-likeness (QED) is 0.832. The highest BCUT2D eigenvalue weighted by molar-refractivity contribution is 8.00. The van der Waals surface area contributed by atoms with Crippen molar-refractivity contribution < 1.29 is 9.59 Å². The van der Waals surface area contributed by atoms with Crippen molar-refractivity contribution >= 4 is 29.4 Å². The van der Waals surface area contributed by atoms with Gasteiger partial charge in [0, 0.05) is 10.6 Å². The van der Waals surface area contributed by atoms with Crippen molar-refractivity contribution in [2.75, 3.05) is 11.1 Å². The molecule has 5 heteroatoms. The molecule has 0 saturated carbocycles. The van der Waals surface area contributed by atoms with Crippen molar-refractivity contribution in [3.63, 3.8) is 0 Å². The summed E-state index contributed by atoms with van der Waals surface area (Å²) in [5.74, 6) is -0.122. The van der Waals surface area contributed by atoms with Crippen LogP contribution in [0.1, 0.15) is 16.7 Å². The van der Waals surface area contributed by atoms with Crippen LogP contribution < -0.4 is 10.6 Å². The summed E-state index contributed by atoms with van der Waals surface area (Å²) in [6.07, 6.45) is 0. The number of carbonyl (C=O) groups is 2. The van der Waals surface area contributed by atoms with E-state index in [0.29, 0.717) is 5.69 Å². The molecule has 120 valence electrons. The summed E-state index contributed by atoms with van der Waals surface area (Å²) in [4.78, 5) is 24.8. The molecule has 0 fully saturated rings. The minimum atomic E-state index is -0.506. The van der Waals surface area contributed by atoms with Gasteiger partial charge in [-0.2, -0.15) is 0 Å². The molecule has 0 bridgehead atoms. The lowest BCUT2D eigenvalue weighted by molar-refractivity contribution is -0.117. The SMILES string of the molecule is Cc1cccc(SCC(=O)NC(=O)Nc2cccc(C)c2C)c1. The van der Waals surface area contributed by atoms with Gasteiger partial charge in [-0.15, -0.1) is 11.8 Å². The highest BCUT2D eigenvalue weighted by Crippen LogP contribution is 2.19. The summed E-state index contributed by atoms with van der Waals surface area (Å²) >= 11 is 1.40. The van der Waals surface area contributed by atoms with Gasteiger partial charge in [-0.05, 0) is 50.1 Å². The maximum Gasteiger partial charge on any atom is 0.325 e. The van der Waals surface area contributed by atoms with Crippen molar-refractivity contribution in [3.05, 3.63) is 59.2 Å². The number of amides is 3. The molecule has 2 aromatic rings. The second-order valence-electron chi connectivity index (χ2n) is 5.35. The number of benzene rings is 2. The third kappa shape index (κ3) is 5.14. The largest absolute Gasteiger partial charge is 0.325 e. The van der Waals surface area contributed by atoms with Gasteiger partial charge >= 0.3 is 6.03 Å². The van der Waals surface area contributed by atoms with E-state index in [-0.39, 0.29) is 11.7 Å². The standard InChI is InChI=1S/C18H20N2O2S/c1-12-6-4-8-15(10-12)23-11-17(21)20-18(22)19-16-9-5-7-13(2)14(16)3/h4-10H,11H2,1-3H3,(H2,19,20,21,22). The van der Waals surface area contributed by atoms with Crippen LogP contribution in [0.4, 0.5) is 10.5 Å². The van der Waals surface area contributed by atoms with Gasteiger partial charge in [-0.25, -0.2) is 4.79 Å². The van der Waals surface area contributed by atoms with Crippen molar-refractivity contribution in [1.29, 1.82) is 0 Å². The van der Waals surface area contributed by atoms with Gasteiger partial charge in [0.1, 0.15) is 0 Å². The Bertz CT molecular complexity index is 729. The molecule has 0 spiro atoms. The lowest BCUT2D eigenvalue weighted by atomic mass is 10.1. The normalized spacial score (nSPS) is 10.2. The van der Waals surface area contributed by atoms with E-state index in [0.717, 1.165) is 21.6 Å². The van der Waals surface area contributed by atoms with Crippen molar-refractivity contribution in [2.45, 2.75) is 25.7 Å². The van der Waals surface area contributed by atoms with Crippen LogP contribution in [-0.4, -0.2) is 17.7 Å². The highest BCUT2D eigenvalue weighted by atomic mass is 32.2. The van der Waals surface area contributed by atoms with Crippen molar-refractivity contribution in [3.8, 4) is 0 Å². The Morgan fingerprint density at radius 2 is 1.78 bits per heavy atom. The number of nitrogens with one attached hydrogen (secondary N) is 2. The summed E-state index contributed by atoms with van der Waals surface area (Å²) in [5.41, 5.74) is 3.93. The number of hydrogen-bond donors (Lipinski definition) is 2. The fourth-order valence-electron chi connectivity index (χ4n) is 2.06. The minimum absolute atomic E-state index is 0.198. The maximum absolute atomic E-state index is 11.9. The van der Waals surface area contributed by atoms with E-state index < -0.39 is 6.03 Å². The first-order chi connectivity index (χ1) is 11.0. The molecular formula is C18H20N2O2S. The number of imide groups is 1. The van der Waals surface area contributed by atoms with Crippen LogP contribution in [0.15, 0.2) is 47.4 Å². The Balaban J connectivity index is 1.85. The third-order valence-corrected chi connectivity index (χ3v) is 4.46. The molecule has 3 amide bonds. The summed E-state index contributed by atoms with van der Waals surface area (Å²) < 4.78 is 0. The third-order valence-electron chi connectivity index (χ3n) is 3.47. The van der Waals surface area contributed by atoms with E-state index in [1.807, 2.05) is 63.2 Å². The smallest absolute Gasteiger partial charge is 0.307 e. The lowest BCUT2D eigenvalue weighted by Gasteiger charge is -2.10. The van der Waals surface area contributed by atoms with E-state index >= 15 is 0 Å². The molecule has 0 saturated heterocycles.